The summed E-state index contributed by atoms with van der Waals surface area (Å²) in [6.07, 6.45) is 3.63. The third-order valence-electron chi connectivity index (χ3n) is 2.88. The number of hydrogen-bond donors (Lipinski definition) is 2. The fourth-order valence-corrected chi connectivity index (χ4v) is 2.06. The average molecular weight is 195 g/mol. The molecule has 0 aliphatic carbocycles. The number of carbonyl (C=O) groups is 2. The first-order valence-electron chi connectivity index (χ1n) is 4.64. The summed E-state index contributed by atoms with van der Waals surface area (Å²) in [5, 5.41) is 1.86. The number of fused-ring (bicyclic) bond motifs is 1. The summed E-state index contributed by atoms with van der Waals surface area (Å²) in [5.41, 5.74) is 7.63. The van der Waals surface area contributed by atoms with E-state index in [1.165, 1.54) is 0 Å². The van der Waals surface area contributed by atoms with Crippen molar-refractivity contribution in [1.29, 1.82) is 0 Å². The summed E-state index contributed by atoms with van der Waals surface area (Å²) >= 11 is 0. The van der Waals surface area contributed by atoms with Crippen molar-refractivity contribution in [3.05, 3.63) is 11.6 Å². The lowest BCUT2D eigenvalue weighted by molar-refractivity contribution is -0.128. The van der Waals surface area contributed by atoms with Gasteiger partial charge in [-0.3, -0.25) is 15.0 Å². The molecule has 76 valence electrons. The highest BCUT2D eigenvalue weighted by Gasteiger charge is 2.41. The van der Waals surface area contributed by atoms with Crippen LogP contribution in [0, 0.1) is 0 Å². The van der Waals surface area contributed by atoms with E-state index in [-0.39, 0.29) is 11.1 Å². The third kappa shape index (κ3) is 1.21. The van der Waals surface area contributed by atoms with Crippen LogP contribution in [-0.2, 0) is 9.59 Å². The highest BCUT2D eigenvalue weighted by molar-refractivity contribution is 6.18. The monoisotopic (exact) mass is 195 g/mol. The van der Waals surface area contributed by atoms with Crippen molar-refractivity contribution < 1.29 is 9.59 Å². The van der Waals surface area contributed by atoms with E-state index in [2.05, 4.69) is 5.43 Å². The van der Waals surface area contributed by atoms with Gasteiger partial charge in [-0.15, -0.1) is 0 Å². The van der Waals surface area contributed by atoms with Crippen molar-refractivity contribution in [3.8, 4) is 0 Å². The smallest absolute Gasteiger partial charge is 0.270 e. The van der Waals surface area contributed by atoms with E-state index >= 15 is 0 Å². The van der Waals surface area contributed by atoms with Gasteiger partial charge in [0, 0.05) is 6.54 Å². The molecule has 2 aliphatic heterocycles. The molecule has 0 bridgehead atoms. The largest absolute Gasteiger partial charge is 0.365 e. The molecule has 5 nitrogen and oxygen atoms in total. The Balaban J connectivity index is 2.39. The first-order valence-corrected chi connectivity index (χ1v) is 4.64. The number of primary amides is 1. The maximum atomic E-state index is 11.4. The van der Waals surface area contributed by atoms with E-state index in [1.807, 2.05) is 11.9 Å². The van der Waals surface area contributed by atoms with Gasteiger partial charge in [0.15, 0.2) is 0 Å². The minimum Gasteiger partial charge on any atom is -0.365 e. The Kier molecular flexibility index (Phi) is 1.85. The molecule has 2 rings (SSSR count). The van der Waals surface area contributed by atoms with Gasteiger partial charge in [-0.1, -0.05) is 0 Å². The minimum atomic E-state index is -0.657. The molecule has 0 aromatic heterocycles. The molecule has 1 fully saturated rings. The Morgan fingerprint density at radius 3 is 3.07 bits per heavy atom. The van der Waals surface area contributed by atoms with Crippen LogP contribution in [0.15, 0.2) is 11.6 Å². The summed E-state index contributed by atoms with van der Waals surface area (Å²) in [5.74, 6) is -1.05. The molecule has 5 heteroatoms. The van der Waals surface area contributed by atoms with Crippen LogP contribution in [0.4, 0.5) is 0 Å². The van der Waals surface area contributed by atoms with E-state index < -0.39 is 11.8 Å². The lowest BCUT2D eigenvalue weighted by Gasteiger charge is -2.36. The minimum absolute atomic E-state index is 0.0747. The molecule has 2 amide bonds. The maximum Gasteiger partial charge on any atom is 0.270 e. The zero-order valence-corrected chi connectivity index (χ0v) is 8.04. The molecule has 0 aromatic rings. The van der Waals surface area contributed by atoms with Crippen LogP contribution in [0.2, 0.25) is 0 Å². The van der Waals surface area contributed by atoms with E-state index in [0.29, 0.717) is 0 Å². The fourth-order valence-electron chi connectivity index (χ4n) is 2.06. The van der Waals surface area contributed by atoms with E-state index in [1.54, 1.807) is 6.08 Å². The second kappa shape index (κ2) is 2.81. The molecule has 2 aliphatic rings. The lowest BCUT2D eigenvalue weighted by atomic mass is 9.94. The normalized spacial score (nSPS) is 32.1. The summed E-state index contributed by atoms with van der Waals surface area (Å²) in [6, 6.07) is 0. The zero-order chi connectivity index (χ0) is 10.3. The van der Waals surface area contributed by atoms with Crippen LogP contribution in [0.1, 0.15) is 19.8 Å². The molecular formula is C9H13N3O2. The Hall–Kier alpha value is -1.36. The van der Waals surface area contributed by atoms with Gasteiger partial charge in [0.25, 0.3) is 11.8 Å². The number of hydrogen-bond acceptors (Lipinski definition) is 3. The molecule has 1 unspecified atom stereocenters. The number of carbonyl (C=O) groups excluding carboxylic acids is 2. The molecule has 2 heterocycles. The van der Waals surface area contributed by atoms with Crippen molar-refractivity contribution >= 4 is 11.8 Å². The van der Waals surface area contributed by atoms with Crippen LogP contribution in [0.5, 0.6) is 0 Å². The quantitative estimate of drug-likeness (QED) is 0.543. The molecule has 1 atom stereocenters. The van der Waals surface area contributed by atoms with Gasteiger partial charge in [-0.25, -0.2) is 5.01 Å². The average Bonchev–Trinajstić information content (AvgIpc) is 2.45. The summed E-state index contributed by atoms with van der Waals surface area (Å²) in [6.45, 7) is 2.81. The van der Waals surface area contributed by atoms with Gasteiger partial charge < -0.3 is 5.73 Å². The highest BCUT2D eigenvalue weighted by Crippen LogP contribution is 2.31. The number of nitrogens with two attached hydrogens (primary N) is 1. The van der Waals surface area contributed by atoms with Crippen molar-refractivity contribution in [2.24, 2.45) is 5.73 Å². The SMILES string of the molecule is CC12C=C(C(N)=O)C(=O)NN1CCC2. The Morgan fingerprint density at radius 1 is 1.71 bits per heavy atom. The van der Waals surface area contributed by atoms with Gasteiger partial charge in [-0.05, 0) is 25.8 Å². The number of amides is 2. The Labute approximate surface area is 81.9 Å². The highest BCUT2D eigenvalue weighted by atomic mass is 16.2. The zero-order valence-electron chi connectivity index (χ0n) is 8.04. The third-order valence-corrected chi connectivity index (χ3v) is 2.88. The molecule has 14 heavy (non-hydrogen) atoms. The summed E-state index contributed by atoms with van der Waals surface area (Å²) in [7, 11) is 0. The first-order chi connectivity index (χ1) is 6.53. The summed E-state index contributed by atoms with van der Waals surface area (Å²) in [4.78, 5) is 22.4. The lowest BCUT2D eigenvalue weighted by Crippen LogP contribution is -2.56. The Bertz CT molecular complexity index is 337. The molecule has 0 radical (unpaired) electrons. The number of rotatable bonds is 1. The van der Waals surface area contributed by atoms with Crippen molar-refractivity contribution in [1.82, 2.24) is 10.4 Å². The first kappa shape index (κ1) is 9.21. The van der Waals surface area contributed by atoms with Crippen LogP contribution >= 0.6 is 0 Å². The predicted octanol–water partition coefficient (Wildman–Crippen LogP) is -0.703. The Morgan fingerprint density at radius 2 is 2.43 bits per heavy atom. The van der Waals surface area contributed by atoms with Crippen molar-refractivity contribution in [2.75, 3.05) is 6.54 Å². The molecule has 3 N–H and O–H groups in total. The maximum absolute atomic E-state index is 11.4. The van der Waals surface area contributed by atoms with Crippen LogP contribution in [0.25, 0.3) is 0 Å². The van der Waals surface area contributed by atoms with E-state index in [9.17, 15) is 9.59 Å². The van der Waals surface area contributed by atoms with Gasteiger partial charge >= 0.3 is 0 Å². The van der Waals surface area contributed by atoms with Crippen molar-refractivity contribution in [2.45, 2.75) is 25.3 Å². The van der Waals surface area contributed by atoms with Gasteiger partial charge in [-0.2, -0.15) is 0 Å². The number of nitrogens with zero attached hydrogens (tertiary/aromatic N) is 1. The van der Waals surface area contributed by atoms with Crippen LogP contribution in [-0.4, -0.2) is 28.9 Å². The topological polar surface area (TPSA) is 75.4 Å². The molecular weight excluding hydrogens is 182 g/mol. The van der Waals surface area contributed by atoms with E-state index in [4.69, 9.17) is 5.73 Å². The second-order valence-electron chi connectivity index (χ2n) is 3.98. The van der Waals surface area contributed by atoms with Crippen molar-refractivity contribution in [3.63, 3.8) is 0 Å². The summed E-state index contributed by atoms with van der Waals surface area (Å²) < 4.78 is 0. The van der Waals surface area contributed by atoms with Gasteiger partial charge in [0.2, 0.25) is 0 Å². The molecule has 0 spiro atoms. The van der Waals surface area contributed by atoms with Crippen LogP contribution < -0.4 is 11.2 Å². The molecule has 0 saturated carbocycles. The second-order valence-corrected chi connectivity index (χ2v) is 3.98. The number of hydrazine groups is 1. The molecule has 1 saturated heterocycles. The standard InChI is InChI=1S/C9H13N3O2/c1-9-3-2-4-12(9)11-8(14)6(5-9)7(10)13/h5H,2-4H2,1H3,(H2,10,13)(H,11,14). The fraction of sp³-hybridized carbons (Fsp3) is 0.556. The molecule has 0 aromatic carbocycles. The van der Waals surface area contributed by atoms with E-state index in [0.717, 1.165) is 19.4 Å². The number of nitrogens with one attached hydrogen (secondary N) is 1. The van der Waals surface area contributed by atoms with Gasteiger partial charge in [0.05, 0.1) is 5.54 Å². The van der Waals surface area contributed by atoms with Crippen LogP contribution in [0.3, 0.4) is 0 Å². The predicted molar refractivity (Wildman–Crippen MR) is 49.8 cm³/mol. The van der Waals surface area contributed by atoms with Gasteiger partial charge in [0.1, 0.15) is 5.57 Å².